The van der Waals surface area contributed by atoms with E-state index in [-0.39, 0.29) is 30.7 Å². The fourth-order valence-corrected chi connectivity index (χ4v) is 2.67. The van der Waals surface area contributed by atoms with E-state index in [1.807, 2.05) is 13.8 Å². The Balaban J connectivity index is 1.92. The SMILES string of the molecule is CC(C)C[C@@H](NC(=O)C1CC(=O)N(Cc2ccco2)C1)C(=O)O. The number of carbonyl (C=O) groups is 3. The Labute approximate surface area is 134 Å². The highest BCUT2D eigenvalue weighted by molar-refractivity contribution is 5.91. The van der Waals surface area contributed by atoms with Crippen LogP contribution in [0.2, 0.25) is 0 Å². The first-order valence-electron chi connectivity index (χ1n) is 7.70. The minimum atomic E-state index is -1.05. The van der Waals surface area contributed by atoms with Gasteiger partial charge in [-0.2, -0.15) is 0 Å². The van der Waals surface area contributed by atoms with Crippen molar-refractivity contribution >= 4 is 17.8 Å². The van der Waals surface area contributed by atoms with Gasteiger partial charge in [0, 0.05) is 13.0 Å². The van der Waals surface area contributed by atoms with Gasteiger partial charge in [-0.05, 0) is 24.5 Å². The lowest BCUT2D eigenvalue weighted by Gasteiger charge is -2.19. The predicted molar refractivity (Wildman–Crippen MR) is 81.3 cm³/mol. The molecule has 0 bridgehead atoms. The maximum absolute atomic E-state index is 12.3. The first-order chi connectivity index (χ1) is 10.9. The van der Waals surface area contributed by atoms with Gasteiger partial charge < -0.3 is 19.7 Å². The van der Waals surface area contributed by atoms with Gasteiger partial charge in [0.05, 0.1) is 18.7 Å². The monoisotopic (exact) mass is 322 g/mol. The largest absolute Gasteiger partial charge is 0.480 e. The minimum Gasteiger partial charge on any atom is -0.480 e. The third kappa shape index (κ3) is 4.58. The van der Waals surface area contributed by atoms with Crippen LogP contribution in [-0.4, -0.2) is 40.4 Å². The fraction of sp³-hybridized carbons (Fsp3) is 0.562. The minimum absolute atomic E-state index is 0.0978. The number of carbonyl (C=O) groups excluding carboxylic acids is 2. The van der Waals surface area contributed by atoms with Crippen LogP contribution >= 0.6 is 0 Å². The average molecular weight is 322 g/mol. The summed E-state index contributed by atoms with van der Waals surface area (Å²) in [6.07, 6.45) is 1.99. The molecule has 0 saturated carbocycles. The van der Waals surface area contributed by atoms with Crippen molar-refractivity contribution in [1.82, 2.24) is 10.2 Å². The summed E-state index contributed by atoms with van der Waals surface area (Å²) in [7, 11) is 0. The van der Waals surface area contributed by atoms with Crippen LogP contribution in [0.1, 0.15) is 32.4 Å². The van der Waals surface area contributed by atoms with Gasteiger partial charge >= 0.3 is 5.97 Å². The molecular formula is C16H22N2O5. The van der Waals surface area contributed by atoms with Gasteiger partial charge in [-0.25, -0.2) is 4.79 Å². The molecule has 0 aromatic carbocycles. The second-order valence-corrected chi connectivity index (χ2v) is 6.28. The van der Waals surface area contributed by atoms with Crippen molar-refractivity contribution in [2.45, 2.75) is 39.3 Å². The van der Waals surface area contributed by atoms with E-state index < -0.39 is 17.9 Å². The van der Waals surface area contributed by atoms with E-state index in [0.29, 0.717) is 18.7 Å². The quantitative estimate of drug-likeness (QED) is 0.787. The molecule has 2 rings (SSSR count). The third-order valence-corrected chi connectivity index (χ3v) is 3.83. The molecule has 2 amide bonds. The summed E-state index contributed by atoms with van der Waals surface area (Å²) < 4.78 is 5.21. The molecule has 2 heterocycles. The second-order valence-electron chi connectivity index (χ2n) is 6.28. The molecule has 1 saturated heterocycles. The molecule has 0 aliphatic carbocycles. The first-order valence-corrected chi connectivity index (χ1v) is 7.70. The van der Waals surface area contributed by atoms with Crippen LogP contribution in [0.4, 0.5) is 0 Å². The van der Waals surface area contributed by atoms with Crippen molar-refractivity contribution in [2.75, 3.05) is 6.54 Å². The summed E-state index contributed by atoms with van der Waals surface area (Å²) in [6, 6.07) is 2.59. The number of amides is 2. The van der Waals surface area contributed by atoms with Crippen LogP contribution in [-0.2, 0) is 20.9 Å². The highest BCUT2D eigenvalue weighted by atomic mass is 16.4. The van der Waals surface area contributed by atoms with Crippen LogP contribution in [0.3, 0.4) is 0 Å². The van der Waals surface area contributed by atoms with E-state index in [1.165, 1.54) is 6.26 Å². The summed E-state index contributed by atoms with van der Waals surface area (Å²) in [5.41, 5.74) is 0. The van der Waals surface area contributed by atoms with Crippen molar-refractivity contribution in [3.63, 3.8) is 0 Å². The number of nitrogens with zero attached hydrogens (tertiary/aromatic N) is 1. The number of rotatable bonds is 7. The zero-order valence-corrected chi connectivity index (χ0v) is 13.3. The Morgan fingerprint density at radius 1 is 1.48 bits per heavy atom. The molecule has 1 fully saturated rings. The van der Waals surface area contributed by atoms with Gasteiger partial charge in [0.25, 0.3) is 0 Å². The summed E-state index contributed by atoms with van der Waals surface area (Å²) in [6.45, 7) is 4.39. The lowest BCUT2D eigenvalue weighted by atomic mass is 10.0. The molecule has 1 aliphatic heterocycles. The van der Waals surface area contributed by atoms with Crippen molar-refractivity contribution in [3.05, 3.63) is 24.2 Å². The molecule has 7 heteroatoms. The Kier molecular flexibility index (Phi) is 5.41. The summed E-state index contributed by atoms with van der Waals surface area (Å²) in [5.74, 6) is -1.28. The number of carboxylic acids is 1. The molecule has 0 spiro atoms. The number of hydrogen-bond acceptors (Lipinski definition) is 4. The lowest BCUT2D eigenvalue weighted by Crippen LogP contribution is -2.44. The zero-order chi connectivity index (χ0) is 17.0. The number of hydrogen-bond donors (Lipinski definition) is 2. The average Bonchev–Trinajstić information content (AvgIpc) is 3.08. The van der Waals surface area contributed by atoms with E-state index in [0.717, 1.165) is 0 Å². The van der Waals surface area contributed by atoms with Crippen molar-refractivity contribution < 1.29 is 23.9 Å². The standard InChI is InChI=1S/C16H22N2O5/c1-10(2)6-13(16(21)22)17-15(20)11-7-14(19)18(8-11)9-12-4-3-5-23-12/h3-5,10-11,13H,6-9H2,1-2H3,(H,17,20)(H,21,22)/t11?,13-/m1/s1. The number of furan rings is 1. The Hall–Kier alpha value is -2.31. The molecular weight excluding hydrogens is 300 g/mol. The third-order valence-electron chi connectivity index (χ3n) is 3.83. The Morgan fingerprint density at radius 3 is 2.78 bits per heavy atom. The van der Waals surface area contributed by atoms with Crippen LogP contribution in [0.5, 0.6) is 0 Å². The van der Waals surface area contributed by atoms with E-state index in [2.05, 4.69) is 5.32 Å². The van der Waals surface area contributed by atoms with Gasteiger partial charge in [0.15, 0.2) is 0 Å². The van der Waals surface area contributed by atoms with Crippen LogP contribution in [0.25, 0.3) is 0 Å². The van der Waals surface area contributed by atoms with Crippen LogP contribution in [0.15, 0.2) is 22.8 Å². The van der Waals surface area contributed by atoms with E-state index in [1.54, 1.807) is 17.0 Å². The van der Waals surface area contributed by atoms with E-state index in [4.69, 9.17) is 4.42 Å². The molecule has 7 nitrogen and oxygen atoms in total. The summed E-state index contributed by atoms with van der Waals surface area (Å²) >= 11 is 0. The Morgan fingerprint density at radius 2 is 2.22 bits per heavy atom. The molecule has 126 valence electrons. The molecule has 1 aromatic rings. The molecule has 1 aliphatic rings. The lowest BCUT2D eigenvalue weighted by molar-refractivity contribution is -0.142. The van der Waals surface area contributed by atoms with Crippen molar-refractivity contribution in [1.29, 1.82) is 0 Å². The number of aliphatic carboxylic acids is 1. The highest BCUT2D eigenvalue weighted by Crippen LogP contribution is 2.21. The smallest absolute Gasteiger partial charge is 0.326 e. The molecule has 1 aromatic heterocycles. The maximum Gasteiger partial charge on any atom is 0.326 e. The number of likely N-dealkylation sites (tertiary alicyclic amines) is 1. The van der Waals surface area contributed by atoms with E-state index in [9.17, 15) is 19.5 Å². The van der Waals surface area contributed by atoms with Gasteiger partial charge in [0.2, 0.25) is 11.8 Å². The topological polar surface area (TPSA) is 99.9 Å². The van der Waals surface area contributed by atoms with Gasteiger partial charge in [-0.1, -0.05) is 13.8 Å². The van der Waals surface area contributed by atoms with Gasteiger partial charge in [0.1, 0.15) is 11.8 Å². The first kappa shape index (κ1) is 17.1. The van der Waals surface area contributed by atoms with Crippen LogP contribution in [0, 0.1) is 11.8 Å². The zero-order valence-electron chi connectivity index (χ0n) is 13.3. The predicted octanol–water partition coefficient (Wildman–Crippen LogP) is 1.24. The molecule has 2 N–H and O–H groups in total. The summed E-state index contributed by atoms with van der Waals surface area (Å²) in [4.78, 5) is 37.0. The molecule has 1 unspecified atom stereocenters. The second kappa shape index (κ2) is 7.30. The number of nitrogens with one attached hydrogen (secondary N) is 1. The van der Waals surface area contributed by atoms with Crippen molar-refractivity contribution in [3.8, 4) is 0 Å². The van der Waals surface area contributed by atoms with Crippen molar-refractivity contribution in [2.24, 2.45) is 11.8 Å². The van der Waals surface area contributed by atoms with Gasteiger partial charge in [-0.3, -0.25) is 9.59 Å². The van der Waals surface area contributed by atoms with Crippen LogP contribution < -0.4 is 5.32 Å². The van der Waals surface area contributed by atoms with E-state index >= 15 is 0 Å². The Bertz CT molecular complexity index is 567. The summed E-state index contributed by atoms with van der Waals surface area (Å²) in [5, 5.41) is 11.7. The fourth-order valence-electron chi connectivity index (χ4n) is 2.67. The number of carboxylic acid groups (broad SMARTS) is 1. The molecule has 0 radical (unpaired) electrons. The normalized spacial score (nSPS) is 19.2. The maximum atomic E-state index is 12.3. The molecule has 23 heavy (non-hydrogen) atoms. The van der Waals surface area contributed by atoms with Gasteiger partial charge in [-0.15, -0.1) is 0 Å². The highest BCUT2D eigenvalue weighted by Gasteiger charge is 2.36. The molecule has 2 atom stereocenters.